The molecule has 7 heteroatoms. The quantitative estimate of drug-likeness (QED) is 0.376. The first kappa shape index (κ1) is 9.42. The van der Waals surface area contributed by atoms with Crippen molar-refractivity contribution in [3.8, 4) is 0 Å². The SMILES string of the molecule is O=C1OCCO1.O=[PH](O)O. The second-order valence-corrected chi connectivity index (χ2v) is 1.79. The third kappa shape index (κ3) is 7.42. The van der Waals surface area contributed by atoms with E-state index < -0.39 is 14.4 Å². The molecule has 1 aliphatic heterocycles. The van der Waals surface area contributed by atoms with Gasteiger partial charge in [-0.25, -0.2) is 4.79 Å². The topological polar surface area (TPSA) is 93.1 Å². The molecular formula is C3H7O6P. The lowest BCUT2D eigenvalue weighted by molar-refractivity contribution is 0.131. The molecular weight excluding hydrogens is 163 g/mol. The number of carbonyl (C=O) groups is 1. The van der Waals surface area contributed by atoms with Crippen molar-refractivity contribution in [1.82, 2.24) is 0 Å². The molecule has 0 bridgehead atoms. The van der Waals surface area contributed by atoms with Crippen molar-refractivity contribution >= 4 is 14.4 Å². The van der Waals surface area contributed by atoms with Crippen molar-refractivity contribution in [2.24, 2.45) is 0 Å². The van der Waals surface area contributed by atoms with Crippen molar-refractivity contribution < 1.29 is 28.6 Å². The summed E-state index contributed by atoms with van der Waals surface area (Å²) >= 11 is 0. The van der Waals surface area contributed by atoms with Crippen molar-refractivity contribution in [3.05, 3.63) is 0 Å². The minimum absolute atomic E-state index is 0.416. The van der Waals surface area contributed by atoms with Crippen LogP contribution in [0, 0.1) is 0 Å². The Kier molecular flexibility index (Phi) is 4.92. The Morgan fingerprint density at radius 2 is 1.60 bits per heavy atom. The normalized spacial score (nSPS) is 15.3. The lowest BCUT2D eigenvalue weighted by Crippen LogP contribution is -1.88. The number of hydrogen-bond donors (Lipinski definition) is 2. The second kappa shape index (κ2) is 5.22. The number of ether oxygens (including phenoxy) is 2. The molecule has 0 saturated carbocycles. The number of hydrogen-bond acceptors (Lipinski definition) is 4. The molecule has 0 amide bonds. The van der Waals surface area contributed by atoms with E-state index in [9.17, 15) is 4.79 Å². The average Bonchev–Trinajstić information content (AvgIpc) is 2.15. The summed E-state index contributed by atoms with van der Waals surface area (Å²) in [4.78, 5) is 24.1. The molecule has 0 aliphatic carbocycles. The van der Waals surface area contributed by atoms with E-state index in [2.05, 4.69) is 9.47 Å². The molecule has 10 heavy (non-hydrogen) atoms. The molecule has 0 spiro atoms. The molecule has 1 fully saturated rings. The first-order valence-electron chi connectivity index (χ1n) is 2.34. The molecule has 0 aromatic heterocycles. The number of carbonyl (C=O) groups excluding carboxylic acids is 1. The van der Waals surface area contributed by atoms with Crippen LogP contribution >= 0.6 is 8.25 Å². The van der Waals surface area contributed by atoms with E-state index in [1.807, 2.05) is 0 Å². The Balaban J connectivity index is 0.000000180. The minimum atomic E-state index is -3.13. The van der Waals surface area contributed by atoms with E-state index in [1.165, 1.54) is 0 Å². The fraction of sp³-hybridized carbons (Fsp3) is 0.667. The predicted octanol–water partition coefficient (Wildman–Crippen LogP) is -0.486. The second-order valence-electron chi connectivity index (χ2n) is 1.23. The van der Waals surface area contributed by atoms with Crippen LogP contribution in [0.2, 0.25) is 0 Å². The lowest BCUT2D eigenvalue weighted by atomic mass is 10.8. The Morgan fingerprint density at radius 3 is 1.70 bits per heavy atom. The van der Waals surface area contributed by atoms with Crippen molar-refractivity contribution in [2.75, 3.05) is 13.2 Å². The van der Waals surface area contributed by atoms with Gasteiger partial charge in [0.25, 0.3) is 0 Å². The highest BCUT2D eigenvalue weighted by Gasteiger charge is 2.09. The average molecular weight is 170 g/mol. The van der Waals surface area contributed by atoms with Crippen LogP contribution in [0.4, 0.5) is 4.79 Å². The Bertz CT molecular complexity index is 121. The highest BCUT2D eigenvalue weighted by Crippen LogP contribution is 1.98. The third-order valence-electron chi connectivity index (χ3n) is 0.523. The van der Waals surface area contributed by atoms with Gasteiger partial charge in [-0.15, -0.1) is 0 Å². The Morgan fingerprint density at radius 1 is 1.30 bits per heavy atom. The summed E-state index contributed by atoms with van der Waals surface area (Å²) in [5.41, 5.74) is 0. The van der Waals surface area contributed by atoms with Gasteiger partial charge in [0, 0.05) is 0 Å². The predicted molar refractivity (Wildman–Crippen MR) is 30.7 cm³/mol. The van der Waals surface area contributed by atoms with Crippen molar-refractivity contribution in [1.29, 1.82) is 0 Å². The fourth-order valence-corrected chi connectivity index (χ4v) is 0.292. The maximum absolute atomic E-state index is 9.80. The van der Waals surface area contributed by atoms with Gasteiger partial charge in [0.15, 0.2) is 0 Å². The largest absolute Gasteiger partial charge is 0.508 e. The summed E-state index contributed by atoms with van der Waals surface area (Å²) in [5.74, 6) is 0. The maximum atomic E-state index is 9.80. The summed E-state index contributed by atoms with van der Waals surface area (Å²) in [7, 11) is -3.13. The molecule has 1 saturated heterocycles. The minimum Gasteiger partial charge on any atom is -0.431 e. The fourth-order valence-electron chi connectivity index (χ4n) is 0.292. The molecule has 0 radical (unpaired) electrons. The van der Waals surface area contributed by atoms with Crippen molar-refractivity contribution in [3.63, 3.8) is 0 Å². The molecule has 0 aromatic rings. The van der Waals surface area contributed by atoms with Gasteiger partial charge >= 0.3 is 14.4 Å². The lowest BCUT2D eigenvalue weighted by Gasteiger charge is -1.78. The highest BCUT2D eigenvalue weighted by atomic mass is 31.1. The van der Waals surface area contributed by atoms with E-state index in [4.69, 9.17) is 14.4 Å². The number of cyclic esters (lactones) is 2. The van der Waals surface area contributed by atoms with Crippen LogP contribution in [0.5, 0.6) is 0 Å². The molecule has 1 aliphatic rings. The van der Waals surface area contributed by atoms with E-state index in [0.717, 1.165) is 0 Å². The van der Waals surface area contributed by atoms with Gasteiger partial charge in [-0.3, -0.25) is 4.57 Å². The Hall–Kier alpha value is -0.580. The Labute approximate surface area is 57.3 Å². The van der Waals surface area contributed by atoms with Crippen LogP contribution < -0.4 is 0 Å². The van der Waals surface area contributed by atoms with E-state index in [1.54, 1.807) is 0 Å². The smallest absolute Gasteiger partial charge is 0.431 e. The summed E-state index contributed by atoms with van der Waals surface area (Å²) in [6, 6.07) is 0. The standard InChI is InChI=1S/C3H4O3.H3O3P/c4-3-5-1-2-6-3;1-4(2)3/h1-2H2;4H,(H2,1,2,3). The summed E-state index contributed by atoms with van der Waals surface area (Å²) in [6.45, 7) is 0.831. The summed E-state index contributed by atoms with van der Waals surface area (Å²) in [6.07, 6.45) is -0.546. The zero-order chi connectivity index (χ0) is 7.98. The highest BCUT2D eigenvalue weighted by molar-refractivity contribution is 7.30. The van der Waals surface area contributed by atoms with E-state index in [0.29, 0.717) is 13.2 Å². The molecule has 60 valence electrons. The van der Waals surface area contributed by atoms with Gasteiger partial charge in [0.1, 0.15) is 13.2 Å². The molecule has 0 unspecified atom stereocenters. The third-order valence-corrected chi connectivity index (χ3v) is 0.523. The van der Waals surface area contributed by atoms with Gasteiger partial charge in [0.05, 0.1) is 0 Å². The van der Waals surface area contributed by atoms with Gasteiger partial charge in [-0.2, -0.15) is 0 Å². The van der Waals surface area contributed by atoms with E-state index >= 15 is 0 Å². The summed E-state index contributed by atoms with van der Waals surface area (Å²) in [5, 5.41) is 0. The maximum Gasteiger partial charge on any atom is 0.508 e. The van der Waals surface area contributed by atoms with Crippen LogP contribution in [0.1, 0.15) is 0 Å². The van der Waals surface area contributed by atoms with Crippen LogP contribution in [-0.2, 0) is 14.0 Å². The van der Waals surface area contributed by atoms with Crippen LogP contribution in [0.15, 0.2) is 0 Å². The van der Waals surface area contributed by atoms with Gasteiger partial charge in [0.2, 0.25) is 0 Å². The van der Waals surface area contributed by atoms with Crippen LogP contribution in [-0.4, -0.2) is 29.2 Å². The monoisotopic (exact) mass is 170 g/mol. The van der Waals surface area contributed by atoms with Gasteiger partial charge in [-0.05, 0) is 0 Å². The van der Waals surface area contributed by atoms with E-state index in [-0.39, 0.29) is 0 Å². The van der Waals surface area contributed by atoms with Crippen LogP contribution in [0.3, 0.4) is 0 Å². The van der Waals surface area contributed by atoms with Crippen molar-refractivity contribution in [2.45, 2.75) is 0 Å². The van der Waals surface area contributed by atoms with Crippen LogP contribution in [0.25, 0.3) is 0 Å². The molecule has 0 aromatic carbocycles. The van der Waals surface area contributed by atoms with Gasteiger partial charge in [-0.1, -0.05) is 0 Å². The molecule has 6 nitrogen and oxygen atoms in total. The first-order valence-corrected chi connectivity index (χ1v) is 3.64. The molecule has 1 rings (SSSR count). The zero-order valence-electron chi connectivity index (χ0n) is 4.94. The zero-order valence-corrected chi connectivity index (χ0v) is 5.94. The van der Waals surface area contributed by atoms with Gasteiger partial charge < -0.3 is 19.3 Å². The molecule has 1 heterocycles. The first-order chi connectivity index (χ1) is 4.63. The molecule has 2 N–H and O–H groups in total. The molecule has 0 atom stereocenters. The summed E-state index contributed by atoms with van der Waals surface area (Å²) < 4.78 is 17.3. The number of rotatable bonds is 0.